The van der Waals surface area contributed by atoms with Crippen LogP contribution in [0.4, 0.5) is 0 Å². The Balaban J connectivity index is 0.00000208. The number of nitrogens with zero attached hydrogens (tertiary/aromatic N) is 4. The second-order valence-corrected chi connectivity index (χ2v) is 6.17. The lowest BCUT2D eigenvalue weighted by molar-refractivity contribution is 0.0785. The van der Waals surface area contributed by atoms with E-state index in [0.717, 1.165) is 30.9 Å². The molecule has 3 rings (SSSR count). The molecular weight excluding hydrogens is 349 g/mol. The van der Waals surface area contributed by atoms with Crippen LogP contribution in [0.5, 0.6) is 0 Å². The lowest BCUT2D eigenvalue weighted by atomic mass is 10.3. The summed E-state index contributed by atoms with van der Waals surface area (Å²) in [6.45, 7) is 1.33. The molecule has 1 saturated carbocycles. The summed E-state index contributed by atoms with van der Waals surface area (Å²) < 4.78 is 1.72. The third kappa shape index (κ3) is 3.88. The number of halogens is 2. The van der Waals surface area contributed by atoms with Crippen LogP contribution in [0.1, 0.15) is 35.2 Å². The normalized spacial score (nSPS) is 13.5. The first-order valence-electron chi connectivity index (χ1n) is 7.73. The van der Waals surface area contributed by atoms with Gasteiger partial charge in [-0.1, -0.05) is 23.7 Å². The molecule has 1 aromatic heterocycles. The fraction of sp³-hybridized carbons (Fsp3) is 0.438. The highest BCUT2D eigenvalue weighted by Crippen LogP contribution is 2.40. The number of nitrogens with one attached hydrogen (secondary N) is 1. The van der Waals surface area contributed by atoms with Gasteiger partial charge in [0, 0.05) is 26.1 Å². The maximum Gasteiger partial charge on any atom is 0.293 e. The lowest BCUT2D eigenvalue weighted by Gasteiger charge is -2.14. The largest absolute Gasteiger partial charge is 0.338 e. The Hall–Kier alpha value is -1.63. The molecule has 0 radical (unpaired) electrons. The van der Waals surface area contributed by atoms with E-state index in [1.165, 1.54) is 0 Å². The number of benzene rings is 1. The highest BCUT2D eigenvalue weighted by atomic mass is 35.5. The zero-order valence-corrected chi connectivity index (χ0v) is 15.3. The van der Waals surface area contributed by atoms with E-state index in [0.29, 0.717) is 17.5 Å². The van der Waals surface area contributed by atoms with E-state index in [2.05, 4.69) is 15.4 Å². The van der Waals surface area contributed by atoms with Crippen molar-refractivity contribution in [3.63, 3.8) is 0 Å². The van der Waals surface area contributed by atoms with Crippen molar-refractivity contribution in [2.75, 3.05) is 27.2 Å². The van der Waals surface area contributed by atoms with E-state index in [1.807, 2.05) is 31.3 Å². The van der Waals surface area contributed by atoms with Crippen molar-refractivity contribution in [2.45, 2.75) is 18.8 Å². The molecule has 1 amide bonds. The molecule has 130 valence electrons. The first kappa shape index (κ1) is 18.7. The summed E-state index contributed by atoms with van der Waals surface area (Å²) in [6.07, 6.45) is 2.15. The van der Waals surface area contributed by atoms with E-state index >= 15 is 0 Å². The Morgan fingerprint density at radius 2 is 2.12 bits per heavy atom. The Morgan fingerprint density at radius 3 is 2.75 bits per heavy atom. The zero-order chi connectivity index (χ0) is 16.4. The molecule has 0 saturated heterocycles. The van der Waals surface area contributed by atoms with Crippen molar-refractivity contribution in [1.29, 1.82) is 0 Å². The minimum atomic E-state index is -0.173. The predicted octanol–water partition coefficient (Wildman–Crippen LogP) is 2.51. The Bertz CT molecular complexity index is 714. The summed E-state index contributed by atoms with van der Waals surface area (Å²) in [7, 11) is 3.61. The summed E-state index contributed by atoms with van der Waals surface area (Å²) in [5.41, 5.74) is 0.764. The van der Waals surface area contributed by atoms with Gasteiger partial charge in [0.15, 0.2) is 0 Å². The van der Waals surface area contributed by atoms with Crippen LogP contribution >= 0.6 is 24.0 Å². The van der Waals surface area contributed by atoms with Gasteiger partial charge >= 0.3 is 0 Å². The van der Waals surface area contributed by atoms with E-state index < -0.39 is 0 Å². The predicted molar refractivity (Wildman–Crippen MR) is 96.5 cm³/mol. The lowest BCUT2D eigenvalue weighted by Crippen LogP contribution is -2.33. The molecule has 1 aliphatic carbocycles. The number of hydrogen-bond donors (Lipinski definition) is 1. The summed E-state index contributed by atoms with van der Waals surface area (Å²) in [6, 6.07) is 7.48. The Morgan fingerprint density at radius 1 is 1.42 bits per heavy atom. The topological polar surface area (TPSA) is 63.1 Å². The van der Waals surface area contributed by atoms with Gasteiger partial charge in [0.05, 0.1) is 10.7 Å². The molecule has 0 unspecified atom stereocenters. The monoisotopic (exact) mass is 369 g/mol. The quantitative estimate of drug-likeness (QED) is 0.849. The molecule has 1 N–H and O–H groups in total. The van der Waals surface area contributed by atoms with Gasteiger partial charge in [-0.05, 0) is 32.0 Å². The molecule has 0 spiro atoms. The van der Waals surface area contributed by atoms with Crippen molar-refractivity contribution >= 4 is 29.9 Å². The van der Waals surface area contributed by atoms with Gasteiger partial charge in [-0.3, -0.25) is 4.79 Å². The number of carbonyl (C=O) groups excluding carboxylic acids is 1. The molecule has 24 heavy (non-hydrogen) atoms. The fourth-order valence-electron chi connectivity index (χ4n) is 2.37. The highest BCUT2D eigenvalue weighted by molar-refractivity contribution is 6.32. The van der Waals surface area contributed by atoms with E-state index in [9.17, 15) is 4.79 Å². The number of rotatable bonds is 6. The molecule has 0 atom stereocenters. The number of hydrogen-bond acceptors (Lipinski definition) is 4. The van der Waals surface area contributed by atoms with Crippen LogP contribution in [0.25, 0.3) is 5.69 Å². The van der Waals surface area contributed by atoms with Crippen molar-refractivity contribution in [3.8, 4) is 5.69 Å². The molecule has 2 aromatic rings. The molecule has 8 heteroatoms. The van der Waals surface area contributed by atoms with Crippen LogP contribution in [-0.2, 0) is 0 Å². The maximum atomic E-state index is 12.5. The Labute approximate surface area is 152 Å². The van der Waals surface area contributed by atoms with Crippen LogP contribution < -0.4 is 5.32 Å². The number of amides is 1. The van der Waals surface area contributed by atoms with Gasteiger partial charge in [-0.25, -0.2) is 9.67 Å². The molecule has 6 nitrogen and oxygen atoms in total. The van der Waals surface area contributed by atoms with E-state index in [4.69, 9.17) is 11.6 Å². The fourth-order valence-corrected chi connectivity index (χ4v) is 2.59. The van der Waals surface area contributed by atoms with Crippen LogP contribution in [0, 0.1) is 0 Å². The second kappa shape index (κ2) is 7.96. The van der Waals surface area contributed by atoms with Crippen LogP contribution in [0.3, 0.4) is 0 Å². The summed E-state index contributed by atoms with van der Waals surface area (Å²) in [4.78, 5) is 18.6. The number of carbonyl (C=O) groups is 1. The average molecular weight is 370 g/mol. The number of para-hydroxylation sites is 1. The summed E-state index contributed by atoms with van der Waals surface area (Å²) >= 11 is 6.28. The van der Waals surface area contributed by atoms with Crippen molar-refractivity contribution in [1.82, 2.24) is 25.0 Å². The van der Waals surface area contributed by atoms with Gasteiger partial charge in [-0.15, -0.1) is 17.5 Å². The molecule has 1 heterocycles. The third-order valence-electron chi connectivity index (χ3n) is 3.89. The van der Waals surface area contributed by atoms with Gasteiger partial charge in [0.25, 0.3) is 5.91 Å². The first-order valence-corrected chi connectivity index (χ1v) is 8.11. The van der Waals surface area contributed by atoms with Crippen LogP contribution in [0.15, 0.2) is 24.3 Å². The van der Waals surface area contributed by atoms with Crippen molar-refractivity contribution in [3.05, 3.63) is 40.9 Å². The standard InChI is InChI=1S/C16H20ClN5O.ClH/c1-18-9-10-21(2)16(23)14-19-15(11-7-8-11)22(20-14)13-6-4-3-5-12(13)17;/h3-6,11,18H,7-10H2,1-2H3;1H. The SMILES string of the molecule is CNCCN(C)C(=O)c1nc(C2CC2)n(-c2ccccc2Cl)n1.Cl. The van der Waals surface area contributed by atoms with Crippen molar-refractivity contribution < 1.29 is 4.79 Å². The first-order chi connectivity index (χ1) is 11.1. The van der Waals surface area contributed by atoms with Gasteiger partial charge in [-0.2, -0.15) is 0 Å². The van der Waals surface area contributed by atoms with Crippen molar-refractivity contribution in [2.24, 2.45) is 0 Å². The molecule has 0 aliphatic heterocycles. The zero-order valence-electron chi connectivity index (χ0n) is 13.7. The van der Waals surface area contributed by atoms with Gasteiger partial charge in [0.1, 0.15) is 5.82 Å². The smallest absolute Gasteiger partial charge is 0.293 e. The summed E-state index contributed by atoms with van der Waals surface area (Å²) in [5.74, 6) is 1.24. The minimum Gasteiger partial charge on any atom is -0.338 e. The average Bonchev–Trinajstić information content (AvgIpc) is 3.31. The molecular formula is C16H21Cl2N5O. The molecule has 0 bridgehead atoms. The summed E-state index contributed by atoms with van der Waals surface area (Å²) in [5, 5.41) is 8.07. The minimum absolute atomic E-state index is 0. The van der Waals surface area contributed by atoms with E-state index in [-0.39, 0.29) is 24.1 Å². The maximum absolute atomic E-state index is 12.5. The number of aromatic nitrogens is 3. The Kier molecular flexibility index (Phi) is 6.21. The van der Waals surface area contributed by atoms with Crippen LogP contribution in [-0.4, -0.2) is 52.8 Å². The molecule has 1 aromatic carbocycles. The van der Waals surface area contributed by atoms with Crippen LogP contribution in [0.2, 0.25) is 5.02 Å². The highest BCUT2D eigenvalue weighted by Gasteiger charge is 2.32. The third-order valence-corrected chi connectivity index (χ3v) is 4.21. The van der Waals surface area contributed by atoms with E-state index in [1.54, 1.807) is 16.6 Å². The van der Waals surface area contributed by atoms with Gasteiger partial charge < -0.3 is 10.2 Å². The number of likely N-dealkylation sites (N-methyl/N-ethyl adjacent to an activating group) is 2. The molecule has 1 aliphatic rings. The second-order valence-electron chi connectivity index (χ2n) is 5.76. The molecule has 1 fully saturated rings. The van der Waals surface area contributed by atoms with Gasteiger partial charge in [0.2, 0.25) is 5.82 Å².